The smallest absolute Gasteiger partial charge is 0.336 e. The Hall–Kier alpha value is -3.28. The molecule has 2 aromatic rings. The molecule has 0 aliphatic carbocycles. The lowest BCUT2D eigenvalue weighted by Crippen LogP contribution is -2.25. The van der Waals surface area contributed by atoms with E-state index in [1.54, 1.807) is 37.5 Å². The molecule has 24 heavy (non-hydrogen) atoms. The van der Waals surface area contributed by atoms with Crippen molar-refractivity contribution < 1.29 is 23.8 Å². The molecule has 0 unspecified atom stereocenters. The van der Waals surface area contributed by atoms with E-state index in [4.69, 9.17) is 14.2 Å². The minimum absolute atomic E-state index is 0.0184. The molecular formula is C18H15NO5. The highest BCUT2D eigenvalue weighted by Gasteiger charge is 2.16. The number of amides is 1. The summed E-state index contributed by atoms with van der Waals surface area (Å²) >= 11 is 0. The van der Waals surface area contributed by atoms with Gasteiger partial charge in [0.15, 0.2) is 6.61 Å². The first-order valence-corrected chi connectivity index (χ1v) is 7.25. The highest BCUT2D eigenvalue weighted by molar-refractivity contribution is 5.96. The van der Waals surface area contributed by atoms with Crippen LogP contribution in [0, 0.1) is 0 Å². The molecule has 0 atom stereocenters. The summed E-state index contributed by atoms with van der Waals surface area (Å²) in [7, 11) is 1.58. The third-order valence-corrected chi connectivity index (χ3v) is 3.31. The first kappa shape index (κ1) is 15.6. The van der Waals surface area contributed by atoms with Gasteiger partial charge in [-0.05, 0) is 35.9 Å². The van der Waals surface area contributed by atoms with Crippen LogP contribution >= 0.6 is 0 Å². The van der Waals surface area contributed by atoms with Crippen molar-refractivity contribution in [3.8, 4) is 17.2 Å². The predicted molar refractivity (Wildman–Crippen MR) is 88.2 cm³/mol. The van der Waals surface area contributed by atoms with E-state index >= 15 is 0 Å². The summed E-state index contributed by atoms with van der Waals surface area (Å²) in [5.74, 6) is 0.793. The fraction of sp³-hybridized carbons (Fsp3) is 0.111. The molecule has 3 rings (SSSR count). The van der Waals surface area contributed by atoms with Crippen molar-refractivity contribution in [2.45, 2.75) is 0 Å². The molecule has 1 N–H and O–H groups in total. The Morgan fingerprint density at radius 2 is 2.08 bits per heavy atom. The topological polar surface area (TPSA) is 73.9 Å². The Bertz CT molecular complexity index is 813. The van der Waals surface area contributed by atoms with Gasteiger partial charge >= 0.3 is 5.97 Å². The van der Waals surface area contributed by atoms with Gasteiger partial charge in [-0.15, -0.1) is 0 Å². The highest BCUT2D eigenvalue weighted by atomic mass is 16.5. The lowest BCUT2D eigenvalue weighted by molar-refractivity contribution is -0.128. The Morgan fingerprint density at radius 1 is 1.21 bits per heavy atom. The molecule has 0 saturated carbocycles. The number of benzene rings is 2. The van der Waals surface area contributed by atoms with Crippen LogP contribution in [0.25, 0.3) is 6.08 Å². The quantitative estimate of drug-likeness (QED) is 0.531. The molecule has 2 aromatic carbocycles. The van der Waals surface area contributed by atoms with Gasteiger partial charge in [-0.2, -0.15) is 0 Å². The summed E-state index contributed by atoms with van der Waals surface area (Å²) in [6.45, 7) is -0.0184. The van der Waals surface area contributed by atoms with Crippen LogP contribution in [0.4, 0.5) is 5.69 Å². The van der Waals surface area contributed by atoms with Gasteiger partial charge in [0.25, 0.3) is 5.91 Å². The van der Waals surface area contributed by atoms with E-state index in [1.165, 1.54) is 6.08 Å². The number of hydrogen-bond donors (Lipinski definition) is 1. The first-order valence-electron chi connectivity index (χ1n) is 7.25. The number of fused-ring (bicyclic) bond motifs is 1. The molecule has 6 nitrogen and oxygen atoms in total. The van der Waals surface area contributed by atoms with Crippen LogP contribution < -0.4 is 19.5 Å². The Morgan fingerprint density at radius 3 is 2.92 bits per heavy atom. The standard InChI is InChI=1S/C18H15NO5/c1-22-13-4-2-3-12(9-13)5-8-18(21)24-14-6-7-16-15(10-14)19-17(20)11-23-16/h2-10H,11H2,1H3,(H,19,20)/b8-5+. The second-order valence-corrected chi connectivity index (χ2v) is 5.03. The molecule has 0 aromatic heterocycles. The molecule has 122 valence electrons. The molecular weight excluding hydrogens is 310 g/mol. The normalized spacial score (nSPS) is 13.0. The molecule has 6 heteroatoms. The van der Waals surface area contributed by atoms with Gasteiger partial charge in [0, 0.05) is 12.1 Å². The zero-order valence-electron chi connectivity index (χ0n) is 12.9. The molecule has 0 radical (unpaired) electrons. The summed E-state index contributed by atoms with van der Waals surface area (Å²) < 4.78 is 15.6. The highest BCUT2D eigenvalue weighted by Crippen LogP contribution is 2.31. The van der Waals surface area contributed by atoms with Crippen LogP contribution in [0.15, 0.2) is 48.5 Å². The average Bonchev–Trinajstić information content (AvgIpc) is 2.60. The number of rotatable bonds is 4. The van der Waals surface area contributed by atoms with Crippen molar-refractivity contribution in [1.82, 2.24) is 0 Å². The molecule has 1 amide bonds. The van der Waals surface area contributed by atoms with Gasteiger partial charge in [-0.1, -0.05) is 12.1 Å². The van der Waals surface area contributed by atoms with E-state index in [9.17, 15) is 9.59 Å². The van der Waals surface area contributed by atoms with E-state index < -0.39 is 5.97 Å². The number of carbonyl (C=O) groups excluding carboxylic acids is 2. The van der Waals surface area contributed by atoms with Crippen molar-refractivity contribution in [1.29, 1.82) is 0 Å². The number of carbonyl (C=O) groups is 2. The minimum atomic E-state index is -0.527. The minimum Gasteiger partial charge on any atom is -0.497 e. The Kier molecular flexibility index (Phi) is 4.47. The summed E-state index contributed by atoms with van der Waals surface area (Å²) in [4.78, 5) is 23.2. The van der Waals surface area contributed by atoms with E-state index in [2.05, 4.69) is 5.32 Å². The number of methoxy groups -OCH3 is 1. The molecule has 1 heterocycles. The zero-order valence-corrected chi connectivity index (χ0v) is 12.9. The number of hydrogen-bond acceptors (Lipinski definition) is 5. The van der Waals surface area contributed by atoms with Gasteiger partial charge in [0.05, 0.1) is 12.8 Å². The fourth-order valence-electron chi connectivity index (χ4n) is 2.19. The molecule has 0 bridgehead atoms. The summed E-state index contributed by atoms with van der Waals surface area (Å²) in [5.41, 5.74) is 1.30. The van der Waals surface area contributed by atoms with Crippen LogP contribution in [-0.4, -0.2) is 25.6 Å². The third kappa shape index (κ3) is 3.73. The van der Waals surface area contributed by atoms with Gasteiger partial charge in [0.2, 0.25) is 0 Å². The molecule has 1 aliphatic heterocycles. The van der Waals surface area contributed by atoms with Gasteiger partial charge in [0.1, 0.15) is 17.2 Å². The number of ether oxygens (including phenoxy) is 3. The molecule has 0 fully saturated rings. The van der Waals surface area contributed by atoms with Crippen molar-refractivity contribution in [3.63, 3.8) is 0 Å². The maximum Gasteiger partial charge on any atom is 0.336 e. The van der Waals surface area contributed by atoms with Gasteiger partial charge < -0.3 is 19.5 Å². The van der Waals surface area contributed by atoms with E-state index in [-0.39, 0.29) is 12.5 Å². The van der Waals surface area contributed by atoms with Gasteiger partial charge in [-0.3, -0.25) is 4.79 Å². The summed E-state index contributed by atoms with van der Waals surface area (Å²) in [6, 6.07) is 12.1. The maximum atomic E-state index is 11.9. The first-order chi connectivity index (χ1) is 11.6. The molecule has 0 spiro atoms. The Labute approximate surface area is 138 Å². The second-order valence-electron chi connectivity index (χ2n) is 5.03. The predicted octanol–water partition coefficient (Wildman–Crippen LogP) is 2.64. The lowest BCUT2D eigenvalue weighted by atomic mass is 10.2. The third-order valence-electron chi connectivity index (χ3n) is 3.31. The monoisotopic (exact) mass is 325 g/mol. The van der Waals surface area contributed by atoms with Crippen LogP contribution in [0.3, 0.4) is 0 Å². The Balaban J connectivity index is 1.67. The molecule has 1 aliphatic rings. The molecule has 0 saturated heterocycles. The average molecular weight is 325 g/mol. The van der Waals surface area contributed by atoms with Gasteiger partial charge in [-0.25, -0.2) is 4.79 Å². The summed E-state index contributed by atoms with van der Waals surface area (Å²) in [5, 5.41) is 2.66. The van der Waals surface area contributed by atoms with E-state index in [0.29, 0.717) is 22.9 Å². The lowest BCUT2D eigenvalue weighted by Gasteiger charge is -2.18. The van der Waals surface area contributed by atoms with Crippen LogP contribution in [0.5, 0.6) is 17.2 Å². The fourth-order valence-corrected chi connectivity index (χ4v) is 2.19. The van der Waals surface area contributed by atoms with E-state index in [1.807, 2.05) is 18.2 Å². The maximum absolute atomic E-state index is 11.9. The van der Waals surface area contributed by atoms with E-state index in [0.717, 1.165) is 5.56 Å². The number of anilines is 1. The zero-order chi connectivity index (χ0) is 16.9. The second kappa shape index (κ2) is 6.87. The number of esters is 1. The summed E-state index contributed by atoms with van der Waals surface area (Å²) in [6.07, 6.45) is 2.96. The van der Waals surface area contributed by atoms with Crippen molar-refractivity contribution in [3.05, 3.63) is 54.1 Å². The SMILES string of the molecule is COc1cccc(/C=C/C(=O)Oc2ccc3c(c2)NC(=O)CO3)c1. The number of nitrogens with one attached hydrogen (secondary N) is 1. The van der Waals surface area contributed by atoms with Crippen molar-refractivity contribution in [2.75, 3.05) is 19.0 Å². The van der Waals surface area contributed by atoms with Crippen LogP contribution in [-0.2, 0) is 9.59 Å². The van der Waals surface area contributed by atoms with Crippen molar-refractivity contribution >= 4 is 23.6 Å². The van der Waals surface area contributed by atoms with Crippen LogP contribution in [0.2, 0.25) is 0 Å². The largest absolute Gasteiger partial charge is 0.497 e. The van der Waals surface area contributed by atoms with Crippen molar-refractivity contribution in [2.24, 2.45) is 0 Å². The van der Waals surface area contributed by atoms with Crippen LogP contribution in [0.1, 0.15) is 5.56 Å².